The number of hydrogen-bond acceptors (Lipinski definition) is 3. The molecule has 0 aromatic carbocycles. The number of rotatable bonds is 1. The van der Waals surface area contributed by atoms with Crippen LogP contribution in [0.25, 0.3) is 11.4 Å². The van der Waals surface area contributed by atoms with E-state index in [-0.39, 0.29) is 0 Å². The molecule has 2 rings (SSSR count). The van der Waals surface area contributed by atoms with Crippen LogP contribution in [0.1, 0.15) is 0 Å². The zero-order valence-corrected chi connectivity index (χ0v) is 6.68. The molecule has 0 N–H and O–H groups in total. The van der Waals surface area contributed by atoms with Crippen LogP contribution in [0.5, 0.6) is 0 Å². The molecule has 0 saturated heterocycles. The highest BCUT2D eigenvalue weighted by molar-refractivity contribution is 5.52. The quantitative estimate of drug-likeness (QED) is 0.622. The number of aryl methyl sites for hydroxylation is 1. The molecular weight excluding hydrogens is 152 g/mol. The zero-order valence-electron chi connectivity index (χ0n) is 6.68. The molecule has 0 aliphatic rings. The van der Waals surface area contributed by atoms with Crippen molar-refractivity contribution in [2.24, 2.45) is 7.05 Å². The van der Waals surface area contributed by atoms with Crippen LogP contribution in [0.2, 0.25) is 0 Å². The van der Waals surface area contributed by atoms with Crippen LogP contribution < -0.4 is 0 Å². The molecule has 0 fully saturated rings. The van der Waals surface area contributed by atoms with E-state index >= 15 is 0 Å². The summed E-state index contributed by atoms with van der Waals surface area (Å²) in [7, 11) is 1.89. The summed E-state index contributed by atoms with van der Waals surface area (Å²) < 4.78 is 1.78. The average Bonchev–Trinajstić information content (AvgIpc) is 2.53. The number of nitrogens with zero attached hydrogens (tertiary/aromatic N) is 4. The van der Waals surface area contributed by atoms with E-state index in [0.29, 0.717) is 0 Å². The molecule has 60 valence electrons. The summed E-state index contributed by atoms with van der Waals surface area (Å²) >= 11 is 0. The molecule has 4 heteroatoms. The highest BCUT2D eigenvalue weighted by Gasteiger charge is 2.01. The molecule has 12 heavy (non-hydrogen) atoms. The Hall–Kier alpha value is -1.71. The van der Waals surface area contributed by atoms with Crippen molar-refractivity contribution in [1.29, 1.82) is 0 Å². The molecule has 0 atom stereocenters. The third-order valence-electron chi connectivity index (χ3n) is 1.67. The van der Waals surface area contributed by atoms with Crippen LogP contribution >= 0.6 is 0 Å². The fourth-order valence-corrected chi connectivity index (χ4v) is 1.07. The number of aromatic nitrogens is 4. The van der Waals surface area contributed by atoms with E-state index in [2.05, 4.69) is 15.1 Å². The SMILES string of the molecule is Cn1nccc1-c1ccncn1. The Bertz CT molecular complexity index is 366. The predicted octanol–water partition coefficient (Wildman–Crippen LogP) is 0.877. The van der Waals surface area contributed by atoms with Gasteiger partial charge in [-0.15, -0.1) is 0 Å². The summed E-state index contributed by atoms with van der Waals surface area (Å²) in [5.74, 6) is 0. The molecule has 4 nitrogen and oxygen atoms in total. The molecule has 0 spiro atoms. The fourth-order valence-electron chi connectivity index (χ4n) is 1.07. The van der Waals surface area contributed by atoms with Gasteiger partial charge in [0.1, 0.15) is 6.33 Å². The lowest BCUT2D eigenvalue weighted by Gasteiger charge is -1.98. The standard InChI is InChI=1S/C8H8N4/c1-12-8(3-5-11-12)7-2-4-9-6-10-7/h2-6H,1H3. The summed E-state index contributed by atoms with van der Waals surface area (Å²) in [6, 6.07) is 3.78. The van der Waals surface area contributed by atoms with Gasteiger partial charge in [-0.25, -0.2) is 9.97 Å². The van der Waals surface area contributed by atoms with Crippen molar-refractivity contribution < 1.29 is 0 Å². The van der Waals surface area contributed by atoms with Gasteiger partial charge in [-0.3, -0.25) is 4.68 Å². The summed E-state index contributed by atoms with van der Waals surface area (Å²) in [4.78, 5) is 7.95. The third kappa shape index (κ3) is 1.07. The van der Waals surface area contributed by atoms with Crippen molar-refractivity contribution in [3.8, 4) is 11.4 Å². The van der Waals surface area contributed by atoms with Crippen LogP contribution in [0.15, 0.2) is 30.9 Å². The van der Waals surface area contributed by atoms with E-state index < -0.39 is 0 Å². The van der Waals surface area contributed by atoms with E-state index in [0.717, 1.165) is 11.4 Å². The first-order chi connectivity index (χ1) is 5.88. The Kier molecular flexibility index (Phi) is 1.59. The molecule has 0 aliphatic carbocycles. The molecule has 2 heterocycles. The van der Waals surface area contributed by atoms with Gasteiger partial charge in [0.25, 0.3) is 0 Å². The van der Waals surface area contributed by atoms with Crippen molar-refractivity contribution in [1.82, 2.24) is 19.7 Å². The Morgan fingerprint density at radius 2 is 2.17 bits per heavy atom. The lowest BCUT2D eigenvalue weighted by molar-refractivity contribution is 0.773. The molecule has 0 unspecified atom stereocenters. The maximum atomic E-state index is 4.11. The maximum Gasteiger partial charge on any atom is 0.116 e. The van der Waals surface area contributed by atoms with Crippen molar-refractivity contribution in [2.75, 3.05) is 0 Å². The van der Waals surface area contributed by atoms with Gasteiger partial charge < -0.3 is 0 Å². The fraction of sp³-hybridized carbons (Fsp3) is 0.125. The maximum absolute atomic E-state index is 4.11. The molecule has 0 aliphatic heterocycles. The first kappa shape index (κ1) is 6.97. The minimum atomic E-state index is 0.894. The van der Waals surface area contributed by atoms with Gasteiger partial charge in [-0.05, 0) is 12.1 Å². The lowest BCUT2D eigenvalue weighted by Crippen LogP contribution is -1.94. The van der Waals surface area contributed by atoms with Gasteiger partial charge in [0.05, 0.1) is 11.4 Å². The highest BCUT2D eigenvalue weighted by atomic mass is 15.3. The van der Waals surface area contributed by atoms with Gasteiger partial charge in [-0.1, -0.05) is 0 Å². The van der Waals surface area contributed by atoms with Crippen LogP contribution in [0.3, 0.4) is 0 Å². The summed E-state index contributed by atoms with van der Waals surface area (Å²) in [6.07, 6.45) is 5.00. The molecule has 2 aromatic heterocycles. The third-order valence-corrected chi connectivity index (χ3v) is 1.67. The van der Waals surface area contributed by atoms with Crippen LogP contribution in [0.4, 0.5) is 0 Å². The van der Waals surface area contributed by atoms with E-state index in [1.54, 1.807) is 17.1 Å². The van der Waals surface area contributed by atoms with E-state index in [1.165, 1.54) is 6.33 Å². The van der Waals surface area contributed by atoms with Crippen LogP contribution in [-0.2, 0) is 7.05 Å². The van der Waals surface area contributed by atoms with Crippen LogP contribution in [-0.4, -0.2) is 19.7 Å². The van der Waals surface area contributed by atoms with Crippen molar-refractivity contribution in [2.45, 2.75) is 0 Å². The van der Waals surface area contributed by atoms with Crippen LogP contribution in [0, 0.1) is 0 Å². The summed E-state index contributed by atoms with van der Waals surface area (Å²) in [5, 5.41) is 4.05. The van der Waals surface area contributed by atoms with Crippen molar-refractivity contribution >= 4 is 0 Å². The second-order valence-corrected chi connectivity index (χ2v) is 2.43. The first-order valence-electron chi connectivity index (χ1n) is 3.62. The molecular formula is C8H8N4. The average molecular weight is 160 g/mol. The Morgan fingerprint density at radius 3 is 2.75 bits per heavy atom. The van der Waals surface area contributed by atoms with E-state index in [4.69, 9.17) is 0 Å². The Morgan fingerprint density at radius 1 is 1.25 bits per heavy atom. The second kappa shape index (κ2) is 2.73. The molecule has 0 bridgehead atoms. The molecule has 0 amide bonds. The largest absolute Gasteiger partial charge is 0.266 e. The normalized spacial score (nSPS) is 10.1. The topological polar surface area (TPSA) is 43.6 Å². The van der Waals surface area contributed by atoms with Gasteiger partial charge >= 0.3 is 0 Å². The second-order valence-electron chi connectivity index (χ2n) is 2.43. The predicted molar refractivity (Wildman–Crippen MR) is 44.2 cm³/mol. The Labute approximate surface area is 69.9 Å². The molecule has 0 radical (unpaired) electrons. The van der Waals surface area contributed by atoms with E-state index in [9.17, 15) is 0 Å². The minimum absolute atomic E-state index is 0.894. The minimum Gasteiger partial charge on any atom is -0.266 e. The summed E-state index contributed by atoms with van der Waals surface area (Å²) in [5.41, 5.74) is 1.89. The monoisotopic (exact) mass is 160 g/mol. The van der Waals surface area contributed by atoms with Gasteiger partial charge in [0.2, 0.25) is 0 Å². The Balaban J connectivity index is 2.51. The van der Waals surface area contributed by atoms with Crippen molar-refractivity contribution in [3.05, 3.63) is 30.9 Å². The molecule has 0 saturated carbocycles. The number of hydrogen-bond donors (Lipinski definition) is 0. The molecule has 2 aromatic rings. The first-order valence-corrected chi connectivity index (χ1v) is 3.62. The highest BCUT2D eigenvalue weighted by Crippen LogP contribution is 2.12. The van der Waals surface area contributed by atoms with Gasteiger partial charge in [0.15, 0.2) is 0 Å². The van der Waals surface area contributed by atoms with Crippen molar-refractivity contribution in [3.63, 3.8) is 0 Å². The smallest absolute Gasteiger partial charge is 0.116 e. The van der Waals surface area contributed by atoms with Gasteiger partial charge in [0, 0.05) is 19.4 Å². The van der Waals surface area contributed by atoms with Gasteiger partial charge in [-0.2, -0.15) is 5.10 Å². The zero-order chi connectivity index (χ0) is 8.39. The summed E-state index contributed by atoms with van der Waals surface area (Å²) in [6.45, 7) is 0. The van der Waals surface area contributed by atoms with E-state index in [1.807, 2.05) is 19.2 Å². The lowest BCUT2D eigenvalue weighted by atomic mass is 10.3.